The first-order valence-corrected chi connectivity index (χ1v) is 7.02. The van der Waals surface area contributed by atoms with E-state index in [1.165, 1.54) is 38.5 Å². The number of carbonyl (C=O) groups is 2. The molecule has 0 fully saturated rings. The number of unbranched alkanes of at least 4 members (excludes halogenated alkanes) is 9. The van der Waals surface area contributed by atoms with Crippen LogP contribution >= 0.6 is 0 Å². The Morgan fingerprint density at radius 3 is 1.06 bits per heavy atom. The van der Waals surface area contributed by atoms with Gasteiger partial charge in [-0.05, 0) is 12.8 Å². The standard InChI is InChI=1S/C14H26O4/c15-13-17-11-9-7-5-3-1-2-4-6-8-10-12-18-14-16/h13-14H,1-12H2. The van der Waals surface area contributed by atoms with E-state index in [2.05, 4.69) is 9.47 Å². The highest BCUT2D eigenvalue weighted by molar-refractivity contribution is 5.36. The van der Waals surface area contributed by atoms with Gasteiger partial charge in [0.15, 0.2) is 0 Å². The number of hydrogen-bond acceptors (Lipinski definition) is 4. The molecule has 0 amide bonds. The molecule has 0 bridgehead atoms. The number of rotatable bonds is 15. The van der Waals surface area contributed by atoms with E-state index in [1.54, 1.807) is 0 Å². The second-order valence-corrected chi connectivity index (χ2v) is 4.47. The van der Waals surface area contributed by atoms with Crippen molar-refractivity contribution < 1.29 is 19.1 Å². The van der Waals surface area contributed by atoms with Gasteiger partial charge in [-0.2, -0.15) is 0 Å². The molecule has 4 heteroatoms. The lowest BCUT2D eigenvalue weighted by molar-refractivity contribution is -0.129. The zero-order valence-electron chi connectivity index (χ0n) is 11.3. The zero-order chi connectivity index (χ0) is 13.3. The summed E-state index contributed by atoms with van der Waals surface area (Å²) in [6, 6.07) is 0. The normalized spacial score (nSPS) is 10.0. The first-order chi connectivity index (χ1) is 8.91. The van der Waals surface area contributed by atoms with Crippen LogP contribution in [0.25, 0.3) is 0 Å². The van der Waals surface area contributed by atoms with Crippen molar-refractivity contribution >= 4 is 12.9 Å². The molecule has 0 aromatic carbocycles. The van der Waals surface area contributed by atoms with Crippen molar-refractivity contribution in [3.05, 3.63) is 0 Å². The number of ether oxygens (including phenoxy) is 2. The van der Waals surface area contributed by atoms with Crippen molar-refractivity contribution in [1.82, 2.24) is 0 Å². The van der Waals surface area contributed by atoms with Gasteiger partial charge < -0.3 is 9.47 Å². The van der Waals surface area contributed by atoms with Gasteiger partial charge in [-0.1, -0.05) is 51.4 Å². The fourth-order valence-electron chi connectivity index (χ4n) is 1.88. The maximum atomic E-state index is 9.88. The highest BCUT2D eigenvalue weighted by atomic mass is 16.5. The van der Waals surface area contributed by atoms with E-state index < -0.39 is 0 Å². The van der Waals surface area contributed by atoms with E-state index in [4.69, 9.17) is 0 Å². The molecular weight excluding hydrogens is 232 g/mol. The van der Waals surface area contributed by atoms with Crippen LogP contribution in [0.1, 0.15) is 64.2 Å². The maximum Gasteiger partial charge on any atom is 0.293 e. The molecular formula is C14H26O4. The Morgan fingerprint density at radius 1 is 0.500 bits per heavy atom. The molecule has 0 radical (unpaired) electrons. The number of carbonyl (C=O) groups excluding carboxylic acids is 2. The van der Waals surface area contributed by atoms with Crippen molar-refractivity contribution in [2.75, 3.05) is 13.2 Å². The van der Waals surface area contributed by atoms with Crippen LogP contribution in [0.4, 0.5) is 0 Å². The Bertz CT molecular complexity index is 163. The third-order valence-electron chi connectivity index (χ3n) is 2.91. The molecule has 106 valence electrons. The molecule has 0 aromatic rings. The fraction of sp³-hybridized carbons (Fsp3) is 0.857. The molecule has 4 nitrogen and oxygen atoms in total. The highest BCUT2D eigenvalue weighted by Gasteiger charge is 1.93. The SMILES string of the molecule is O=COCCCCCCCCCCCCOC=O. The van der Waals surface area contributed by atoms with Crippen LogP contribution < -0.4 is 0 Å². The first kappa shape index (κ1) is 16.9. The van der Waals surface area contributed by atoms with Gasteiger partial charge in [-0.25, -0.2) is 0 Å². The summed E-state index contributed by atoms with van der Waals surface area (Å²) < 4.78 is 9.24. The molecule has 0 aromatic heterocycles. The second kappa shape index (κ2) is 15.9. The van der Waals surface area contributed by atoms with Crippen LogP contribution in [0, 0.1) is 0 Å². The van der Waals surface area contributed by atoms with Gasteiger partial charge in [0.25, 0.3) is 12.9 Å². The van der Waals surface area contributed by atoms with E-state index in [1.807, 2.05) is 0 Å². The molecule has 0 atom stereocenters. The third-order valence-corrected chi connectivity index (χ3v) is 2.91. The molecule has 0 spiro atoms. The lowest BCUT2D eigenvalue weighted by Crippen LogP contribution is -1.92. The molecule has 0 aliphatic heterocycles. The summed E-state index contributed by atoms with van der Waals surface area (Å²) >= 11 is 0. The Morgan fingerprint density at radius 2 is 0.778 bits per heavy atom. The van der Waals surface area contributed by atoms with Gasteiger partial charge in [0.05, 0.1) is 13.2 Å². The molecule has 0 aliphatic rings. The summed E-state index contributed by atoms with van der Waals surface area (Å²) in [6.45, 7) is 2.15. The predicted molar refractivity (Wildman–Crippen MR) is 70.2 cm³/mol. The molecule has 0 saturated carbocycles. The highest BCUT2D eigenvalue weighted by Crippen LogP contribution is 2.10. The van der Waals surface area contributed by atoms with Crippen LogP contribution in [0.3, 0.4) is 0 Å². The molecule has 0 saturated heterocycles. The second-order valence-electron chi connectivity index (χ2n) is 4.47. The minimum Gasteiger partial charge on any atom is -0.468 e. The van der Waals surface area contributed by atoms with Gasteiger partial charge in [0.1, 0.15) is 0 Å². The van der Waals surface area contributed by atoms with Crippen LogP contribution in [-0.4, -0.2) is 26.2 Å². The molecule has 18 heavy (non-hydrogen) atoms. The summed E-state index contributed by atoms with van der Waals surface area (Å²) in [5.41, 5.74) is 0. The van der Waals surface area contributed by atoms with Crippen molar-refractivity contribution in [1.29, 1.82) is 0 Å². The maximum absolute atomic E-state index is 9.88. The largest absolute Gasteiger partial charge is 0.468 e. The number of hydrogen-bond donors (Lipinski definition) is 0. The lowest BCUT2D eigenvalue weighted by Gasteiger charge is -2.02. The minimum absolute atomic E-state index is 0.514. The van der Waals surface area contributed by atoms with Gasteiger partial charge in [-0.3, -0.25) is 9.59 Å². The van der Waals surface area contributed by atoms with Gasteiger partial charge in [0, 0.05) is 0 Å². The molecule has 0 unspecified atom stereocenters. The minimum atomic E-state index is 0.514. The molecule has 0 aliphatic carbocycles. The van der Waals surface area contributed by atoms with Gasteiger partial charge >= 0.3 is 0 Å². The van der Waals surface area contributed by atoms with Crippen LogP contribution in [0.2, 0.25) is 0 Å². The van der Waals surface area contributed by atoms with Crippen molar-refractivity contribution in [2.45, 2.75) is 64.2 Å². The predicted octanol–water partition coefficient (Wildman–Crippen LogP) is 3.23. The average Bonchev–Trinajstić information content (AvgIpc) is 2.39. The summed E-state index contributed by atoms with van der Waals surface area (Å²) in [5.74, 6) is 0. The monoisotopic (exact) mass is 258 g/mol. The summed E-state index contributed by atoms with van der Waals surface area (Å²) in [4.78, 5) is 19.8. The summed E-state index contributed by atoms with van der Waals surface area (Å²) in [5, 5.41) is 0. The fourth-order valence-corrected chi connectivity index (χ4v) is 1.88. The van der Waals surface area contributed by atoms with E-state index in [0.717, 1.165) is 25.7 Å². The molecule has 0 heterocycles. The first-order valence-electron chi connectivity index (χ1n) is 7.02. The van der Waals surface area contributed by atoms with Crippen molar-refractivity contribution in [3.8, 4) is 0 Å². The van der Waals surface area contributed by atoms with Crippen molar-refractivity contribution in [3.63, 3.8) is 0 Å². The molecule has 0 N–H and O–H groups in total. The average molecular weight is 258 g/mol. The Hall–Kier alpha value is -1.06. The summed E-state index contributed by atoms with van der Waals surface area (Å²) in [6.07, 6.45) is 11.9. The van der Waals surface area contributed by atoms with Gasteiger partial charge in [0.2, 0.25) is 0 Å². The van der Waals surface area contributed by atoms with Gasteiger partial charge in [-0.15, -0.1) is 0 Å². The zero-order valence-corrected chi connectivity index (χ0v) is 11.3. The van der Waals surface area contributed by atoms with E-state index >= 15 is 0 Å². The summed E-state index contributed by atoms with van der Waals surface area (Å²) in [7, 11) is 0. The van der Waals surface area contributed by atoms with E-state index in [0.29, 0.717) is 26.2 Å². The molecule has 0 rings (SSSR count). The topological polar surface area (TPSA) is 52.6 Å². The quantitative estimate of drug-likeness (QED) is 0.334. The third kappa shape index (κ3) is 14.9. The Kier molecular flexibility index (Phi) is 15.0. The smallest absolute Gasteiger partial charge is 0.293 e. The van der Waals surface area contributed by atoms with Crippen molar-refractivity contribution in [2.24, 2.45) is 0 Å². The Balaban J connectivity index is 2.90. The Labute approximate surface area is 110 Å². The van der Waals surface area contributed by atoms with Crippen LogP contribution in [0.5, 0.6) is 0 Å². The lowest BCUT2D eigenvalue weighted by atomic mass is 10.1. The van der Waals surface area contributed by atoms with E-state index in [9.17, 15) is 9.59 Å². The van der Waals surface area contributed by atoms with Crippen LogP contribution in [-0.2, 0) is 19.1 Å². The van der Waals surface area contributed by atoms with Crippen LogP contribution in [0.15, 0.2) is 0 Å². The van der Waals surface area contributed by atoms with E-state index in [-0.39, 0.29) is 0 Å².